The normalized spacial score (nSPS) is 13.2. The van der Waals surface area contributed by atoms with Gasteiger partial charge < -0.3 is 0 Å². The van der Waals surface area contributed by atoms with Gasteiger partial charge in [-0.05, 0) is 38.5 Å². The second-order valence-corrected chi connectivity index (χ2v) is 8.54. The van der Waals surface area contributed by atoms with E-state index in [1.165, 1.54) is 23.0 Å². The van der Waals surface area contributed by atoms with Gasteiger partial charge in [0.2, 0.25) is 0 Å². The molecular weight excluding hydrogens is 374 g/mol. The van der Waals surface area contributed by atoms with Crippen LogP contribution in [0.25, 0.3) is 21.3 Å². The quantitative estimate of drug-likeness (QED) is 0.321. The van der Waals surface area contributed by atoms with Gasteiger partial charge in [-0.2, -0.15) is 8.78 Å². The highest BCUT2D eigenvalue weighted by Gasteiger charge is 2.24. The standard InChI is InChI=1S/C18H16F2N4S2/c1-9-10(2)25-16-14(9)17(22-8-21-16)26-11(3)15-23-12-6-4-5-7-13(12)24(15)18(19)20/h4-8,11,18H,1-3H3/t11-/m1/s1. The molecule has 0 unspecified atom stereocenters. The van der Waals surface area contributed by atoms with Gasteiger partial charge in [-0.1, -0.05) is 23.9 Å². The van der Waals surface area contributed by atoms with E-state index in [4.69, 9.17) is 0 Å². The van der Waals surface area contributed by atoms with E-state index in [0.717, 1.165) is 25.4 Å². The van der Waals surface area contributed by atoms with Crippen molar-refractivity contribution in [2.45, 2.75) is 37.6 Å². The van der Waals surface area contributed by atoms with Crippen LogP contribution in [-0.4, -0.2) is 19.5 Å². The molecule has 0 N–H and O–H groups in total. The Morgan fingerprint density at radius 3 is 2.69 bits per heavy atom. The molecule has 134 valence electrons. The van der Waals surface area contributed by atoms with Crippen molar-refractivity contribution in [1.82, 2.24) is 19.5 Å². The van der Waals surface area contributed by atoms with Gasteiger partial charge in [0.15, 0.2) is 0 Å². The first-order valence-electron chi connectivity index (χ1n) is 8.09. The Labute approximate surface area is 157 Å². The van der Waals surface area contributed by atoms with E-state index >= 15 is 0 Å². The molecular formula is C18H16F2N4S2. The van der Waals surface area contributed by atoms with E-state index in [2.05, 4.69) is 21.9 Å². The summed E-state index contributed by atoms with van der Waals surface area (Å²) in [6.45, 7) is 3.33. The van der Waals surface area contributed by atoms with Crippen LogP contribution in [0.3, 0.4) is 0 Å². The largest absolute Gasteiger partial charge is 0.320 e. The van der Waals surface area contributed by atoms with Crippen LogP contribution in [0.2, 0.25) is 0 Å². The Morgan fingerprint density at radius 2 is 1.92 bits per heavy atom. The van der Waals surface area contributed by atoms with Crippen molar-refractivity contribution in [1.29, 1.82) is 0 Å². The number of halogens is 2. The molecule has 3 aromatic heterocycles. The van der Waals surface area contributed by atoms with E-state index in [0.29, 0.717) is 16.9 Å². The summed E-state index contributed by atoms with van der Waals surface area (Å²) in [6.07, 6.45) is 1.53. The molecule has 0 spiro atoms. The summed E-state index contributed by atoms with van der Waals surface area (Å²) >= 11 is 3.06. The zero-order chi connectivity index (χ0) is 18.4. The second kappa shape index (κ2) is 6.59. The van der Waals surface area contributed by atoms with Crippen molar-refractivity contribution in [2.75, 3.05) is 0 Å². The van der Waals surface area contributed by atoms with Crippen molar-refractivity contribution in [3.8, 4) is 0 Å². The minimum atomic E-state index is -2.64. The summed E-state index contributed by atoms with van der Waals surface area (Å²) < 4.78 is 28.4. The minimum Gasteiger partial charge on any atom is -0.269 e. The molecule has 0 saturated heterocycles. The minimum absolute atomic E-state index is 0.283. The van der Waals surface area contributed by atoms with Crippen LogP contribution < -0.4 is 0 Å². The van der Waals surface area contributed by atoms with Gasteiger partial charge in [0.05, 0.1) is 16.3 Å². The van der Waals surface area contributed by atoms with Crippen LogP contribution in [0.15, 0.2) is 35.6 Å². The average molecular weight is 390 g/mol. The number of thiophene rings is 1. The smallest absolute Gasteiger partial charge is 0.269 e. The second-order valence-electron chi connectivity index (χ2n) is 6.01. The molecule has 0 fully saturated rings. The molecule has 0 bridgehead atoms. The van der Waals surface area contributed by atoms with Crippen LogP contribution in [0.1, 0.15) is 35.0 Å². The molecule has 0 aliphatic rings. The van der Waals surface area contributed by atoms with Crippen LogP contribution in [0, 0.1) is 13.8 Å². The van der Waals surface area contributed by atoms with Crippen molar-refractivity contribution in [3.63, 3.8) is 0 Å². The fourth-order valence-corrected chi connectivity index (χ4v) is 5.16. The molecule has 0 amide bonds. The van der Waals surface area contributed by atoms with Gasteiger partial charge in [0.25, 0.3) is 0 Å². The molecule has 0 aliphatic carbocycles. The highest BCUT2D eigenvalue weighted by Crippen LogP contribution is 2.41. The van der Waals surface area contributed by atoms with Gasteiger partial charge in [-0.15, -0.1) is 11.3 Å². The zero-order valence-electron chi connectivity index (χ0n) is 14.4. The molecule has 26 heavy (non-hydrogen) atoms. The highest BCUT2D eigenvalue weighted by atomic mass is 32.2. The zero-order valence-corrected chi connectivity index (χ0v) is 16.0. The van der Waals surface area contributed by atoms with E-state index < -0.39 is 6.55 Å². The lowest BCUT2D eigenvalue weighted by Gasteiger charge is -2.14. The lowest BCUT2D eigenvalue weighted by molar-refractivity contribution is 0.0715. The Hall–Kier alpha value is -2.06. The van der Waals surface area contributed by atoms with Gasteiger partial charge in [0, 0.05) is 10.3 Å². The molecule has 3 heterocycles. The van der Waals surface area contributed by atoms with Crippen LogP contribution >= 0.6 is 23.1 Å². The van der Waals surface area contributed by atoms with E-state index in [1.807, 2.05) is 13.8 Å². The van der Waals surface area contributed by atoms with E-state index in [1.54, 1.807) is 35.6 Å². The SMILES string of the molecule is Cc1sc2ncnc(S[C@H](C)c3nc4ccccc4n3C(F)F)c2c1C. The number of benzene rings is 1. The molecule has 0 aliphatic heterocycles. The maximum absolute atomic E-state index is 13.7. The number of aromatic nitrogens is 4. The van der Waals surface area contributed by atoms with Gasteiger partial charge in [-0.3, -0.25) is 4.57 Å². The molecule has 4 nitrogen and oxygen atoms in total. The molecule has 8 heteroatoms. The summed E-state index contributed by atoms with van der Waals surface area (Å²) in [4.78, 5) is 15.3. The third-order valence-electron chi connectivity index (χ3n) is 4.40. The van der Waals surface area contributed by atoms with Crippen molar-refractivity contribution in [3.05, 3.63) is 46.9 Å². The lowest BCUT2D eigenvalue weighted by Crippen LogP contribution is -2.06. The number of hydrogen-bond donors (Lipinski definition) is 0. The summed E-state index contributed by atoms with van der Waals surface area (Å²) in [6, 6.07) is 6.98. The predicted molar refractivity (Wildman–Crippen MR) is 102 cm³/mol. The summed E-state index contributed by atoms with van der Waals surface area (Å²) in [5.41, 5.74) is 2.16. The molecule has 1 atom stereocenters. The van der Waals surface area contributed by atoms with Crippen molar-refractivity contribution >= 4 is 44.3 Å². The van der Waals surface area contributed by atoms with Crippen molar-refractivity contribution in [2.24, 2.45) is 0 Å². The highest BCUT2D eigenvalue weighted by molar-refractivity contribution is 7.99. The number of nitrogens with zero attached hydrogens (tertiary/aromatic N) is 4. The Balaban J connectivity index is 1.79. The van der Waals surface area contributed by atoms with Gasteiger partial charge in [0.1, 0.15) is 22.0 Å². The molecule has 4 rings (SSSR count). The number of thioether (sulfide) groups is 1. The third-order valence-corrected chi connectivity index (χ3v) is 6.61. The predicted octanol–water partition coefficient (Wildman–Crippen LogP) is 5.91. The average Bonchev–Trinajstić information content (AvgIpc) is 3.14. The summed E-state index contributed by atoms with van der Waals surface area (Å²) in [5.74, 6) is 0.350. The van der Waals surface area contributed by atoms with Gasteiger partial charge in [-0.25, -0.2) is 15.0 Å². The monoisotopic (exact) mass is 390 g/mol. The fraction of sp³-hybridized carbons (Fsp3) is 0.278. The topological polar surface area (TPSA) is 43.6 Å². The summed E-state index contributed by atoms with van der Waals surface area (Å²) in [5, 5.41) is 1.53. The number of alkyl halides is 2. The number of fused-ring (bicyclic) bond motifs is 2. The van der Waals surface area contributed by atoms with Crippen molar-refractivity contribution < 1.29 is 8.78 Å². The van der Waals surface area contributed by atoms with Gasteiger partial charge >= 0.3 is 6.55 Å². The van der Waals surface area contributed by atoms with Crippen LogP contribution in [-0.2, 0) is 0 Å². The van der Waals surface area contributed by atoms with Crippen LogP contribution in [0.5, 0.6) is 0 Å². The van der Waals surface area contributed by atoms with Crippen LogP contribution in [0.4, 0.5) is 8.78 Å². The molecule has 4 aromatic rings. The Kier molecular flexibility index (Phi) is 4.40. The summed E-state index contributed by atoms with van der Waals surface area (Å²) in [7, 11) is 0. The maximum atomic E-state index is 13.7. The Bertz CT molecular complexity index is 1100. The number of imidazole rings is 1. The number of aryl methyl sites for hydroxylation is 2. The molecule has 0 saturated carbocycles. The number of para-hydroxylation sites is 2. The number of hydrogen-bond acceptors (Lipinski definition) is 5. The first kappa shape index (κ1) is 17.4. The molecule has 1 aromatic carbocycles. The third kappa shape index (κ3) is 2.77. The first-order chi connectivity index (χ1) is 12.5. The Morgan fingerprint density at radius 1 is 1.15 bits per heavy atom. The first-order valence-corrected chi connectivity index (χ1v) is 9.79. The fourth-order valence-electron chi connectivity index (χ4n) is 3.01. The van der Waals surface area contributed by atoms with E-state index in [9.17, 15) is 8.78 Å². The maximum Gasteiger partial charge on any atom is 0.320 e. The van der Waals surface area contributed by atoms with E-state index in [-0.39, 0.29) is 5.25 Å². The number of rotatable bonds is 4. The lowest BCUT2D eigenvalue weighted by atomic mass is 10.2. The molecule has 0 radical (unpaired) electrons.